The van der Waals surface area contributed by atoms with Crippen LogP contribution in [0.5, 0.6) is 5.75 Å². The zero-order valence-corrected chi connectivity index (χ0v) is 38.4. The second-order valence-corrected chi connectivity index (χ2v) is 17.4. The molecule has 0 aliphatic heterocycles. The predicted molar refractivity (Wildman–Crippen MR) is 252 cm³/mol. The second-order valence-electron chi connectivity index (χ2n) is 17.4. The summed E-state index contributed by atoms with van der Waals surface area (Å²) in [4.78, 5) is 10.1. The number of hydrogen-bond donors (Lipinski definition) is 1. The first-order valence-corrected chi connectivity index (χ1v) is 20.4. The Bertz CT molecular complexity index is 3210. The molecule has 0 saturated heterocycles. The normalized spacial score (nSPS) is 14.4. The summed E-state index contributed by atoms with van der Waals surface area (Å²) in [5.41, 5.74) is 12.0. The molecule has 1 N–H and O–H groups in total. The van der Waals surface area contributed by atoms with Crippen LogP contribution in [0.3, 0.4) is 0 Å². The summed E-state index contributed by atoms with van der Waals surface area (Å²) in [5, 5.41) is 11.8. The van der Waals surface area contributed by atoms with Crippen LogP contribution in [0.2, 0.25) is 0 Å². The SMILES string of the molecule is [2H]C([2H])([2H])c1ccc(-c2ccnc(-c3[c-]c(-c4cccc5c4nc(-c4cc(C)cc(C)c4O)n5-c4ccc(-c5cc(C([2H])(C)C)cc(C([2H])(C)C)c5)cc4C([2H])([2H])[2H])cc(C(C)(C)C)c3)c2)cc1.[Pt]. The van der Waals surface area contributed by atoms with E-state index in [1.54, 1.807) is 58.2 Å². The number of hydrogen-bond acceptors (Lipinski definition) is 3. The molecule has 0 atom stereocenters. The fourth-order valence-corrected chi connectivity index (χ4v) is 7.86. The van der Waals surface area contributed by atoms with Gasteiger partial charge in [0.2, 0.25) is 0 Å². The van der Waals surface area contributed by atoms with Gasteiger partial charge in [-0.3, -0.25) is 9.55 Å². The Hall–Kier alpha value is -5.57. The van der Waals surface area contributed by atoms with Crippen LogP contribution in [0.15, 0.2) is 121 Å². The third-order valence-electron chi connectivity index (χ3n) is 11.3. The summed E-state index contributed by atoms with van der Waals surface area (Å²) in [6.45, 7) is 12.6. The summed E-state index contributed by atoms with van der Waals surface area (Å²) >= 11 is 0. The van der Waals surface area contributed by atoms with Crippen molar-refractivity contribution in [3.63, 3.8) is 0 Å². The molecule has 8 rings (SSSR count). The Kier molecular flexibility index (Phi) is 9.53. The Morgan fingerprint density at radius 2 is 1.36 bits per heavy atom. The predicted octanol–water partition coefficient (Wildman–Crippen LogP) is 15.0. The minimum atomic E-state index is -2.60. The third kappa shape index (κ3) is 8.66. The zero-order valence-electron chi connectivity index (χ0n) is 44.2. The Labute approximate surface area is 388 Å². The van der Waals surface area contributed by atoms with Gasteiger partial charge in [0.25, 0.3) is 0 Å². The van der Waals surface area contributed by atoms with Crippen LogP contribution < -0.4 is 0 Å². The standard InChI is InChI=1S/C56H56N3O.Pt/c1-33(2)42-26-43(34(3)4)28-44(27-42)40-19-20-51(37(7)25-40)59-52-14-12-13-48(53(52)58-55(59)49-24-36(6)23-38(8)54(49)60)45-29-46(31-47(30-45)56(9,10)11)50-32-41(21-22-57-50)39-17-15-35(5)16-18-39;/h12-28,30-34,60H,1-11H3;/q-1;/i5D3,7D3,33D,34D;. The summed E-state index contributed by atoms with van der Waals surface area (Å²) < 4.78 is 70.0. The van der Waals surface area contributed by atoms with Crippen LogP contribution in [0.1, 0.15) is 110 Å². The molecule has 4 nitrogen and oxygen atoms in total. The van der Waals surface area contributed by atoms with Crippen molar-refractivity contribution in [2.75, 3.05) is 0 Å². The van der Waals surface area contributed by atoms with Crippen LogP contribution in [0.4, 0.5) is 0 Å². The molecule has 0 saturated carbocycles. The molecule has 0 spiro atoms. The van der Waals surface area contributed by atoms with Crippen molar-refractivity contribution in [3.8, 4) is 67.5 Å². The number of aromatic nitrogens is 3. The minimum absolute atomic E-state index is 0. The molecule has 0 unspecified atom stereocenters. The molecule has 2 heterocycles. The van der Waals surface area contributed by atoms with Crippen LogP contribution >= 0.6 is 0 Å². The van der Waals surface area contributed by atoms with E-state index in [-0.39, 0.29) is 43.4 Å². The number of rotatable bonds is 8. The molecule has 5 heteroatoms. The fraction of sp³-hybridized carbons (Fsp3) is 0.250. The molecule has 0 fully saturated rings. The van der Waals surface area contributed by atoms with E-state index >= 15 is 0 Å². The van der Waals surface area contributed by atoms with Gasteiger partial charge >= 0.3 is 0 Å². The number of pyridine rings is 1. The van der Waals surface area contributed by atoms with E-state index in [9.17, 15) is 5.11 Å². The molecule has 2 aromatic heterocycles. The number of aryl methyl sites for hydroxylation is 4. The van der Waals surface area contributed by atoms with Gasteiger partial charge < -0.3 is 5.11 Å². The first kappa shape index (κ1) is 34.1. The van der Waals surface area contributed by atoms with Gasteiger partial charge in [-0.1, -0.05) is 138 Å². The summed E-state index contributed by atoms with van der Waals surface area (Å²) in [5.74, 6) is -1.55. The van der Waals surface area contributed by atoms with Crippen molar-refractivity contribution in [1.82, 2.24) is 14.5 Å². The average molecular weight is 990 g/mol. The number of aromatic hydroxyl groups is 1. The number of benzene rings is 6. The third-order valence-corrected chi connectivity index (χ3v) is 11.3. The fourth-order valence-electron chi connectivity index (χ4n) is 7.86. The number of phenols is 1. The van der Waals surface area contributed by atoms with Gasteiger partial charge in [0.15, 0.2) is 0 Å². The molecule has 6 aromatic carbocycles. The maximum Gasteiger partial charge on any atom is 0.148 e. The number of para-hydroxylation sites is 1. The molecule has 8 aromatic rings. The van der Waals surface area contributed by atoms with Crippen molar-refractivity contribution in [2.24, 2.45) is 0 Å². The molecule has 0 radical (unpaired) electrons. The van der Waals surface area contributed by atoms with Crippen molar-refractivity contribution in [1.29, 1.82) is 0 Å². The van der Waals surface area contributed by atoms with E-state index < -0.39 is 25.5 Å². The van der Waals surface area contributed by atoms with E-state index in [4.69, 9.17) is 20.9 Å². The van der Waals surface area contributed by atoms with E-state index in [0.29, 0.717) is 61.6 Å². The van der Waals surface area contributed by atoms with Crippen LogP contribution in [-0.4, -0.2) is 19.6 Å². The number of phenolic OH excluding ortho intramolecular Hbond substituents is 1. The first-order valence-electron chi connectivity index (χ1n) is 24.4. The number of imidazole rings is 1. The quantitative estimate of drug-likeness (QED) is 0.154. The van der Waals surface area contributed by atoms with Crippen molar-refractivity contribution >= 4 is 11.0 Å². The Morgan fingerprint density at radius 3 is 2.03 bits per heavy atom. The first-order chi connectivity index (χ1) is 31.6. The maximum absolute atomic E-state index is 11.8. The summed E-state index contributed by atoms with van der Waals surface area (Å²) in [6, 6.07) is 39.2. The molecular formula is C56H56N3OPt-. The zero-order chi connectivity index (χ0) is 49.5. The molecule has 0 aliphatic carbocycles. The van der Waals surface area contributed by atoms with Crippen molar-refractivity contribution in [2.45, 2.75) is 93.2 Å². The molecule has 0 aliphatic rings. The van der Waals surface area contributed by atoms with E-state index in [0.717, 1.165) is 38.9 Å². The summed E-state index contributed by atoms with van der Waals surface area (Å²) in [6.07, 6.45) is 1.74. The van der Waals surface area contributed by atoms with Crippen LogP contribution in [-0.2, 0) is 26.5 Å². The largest absolute Gasteiger partial charge is 0.507 e. The van der Waals surface area contributed by atoms with Gasteiger partial charge in [-0.05, 0) is 125 Å². The average Bonchev–Trinajstić information content (AvgIpc) is 3.65. The van der Waals surface area contributed by atoms with Gasteiger partial charge in [0.1, 0.15) is 11.6 Å². The molecule has 0 bridgehead atoms. The van der Waals surface area contributed by atoms with Gasteiger partial charge in [-0.15, -0.1) is 29.3 Å². The monoisotopic (exact) mass is 989 g/mol. The number of nitrogens with zero attached hydrogens (tertiary/aromatic N) is 3. The second kappa shape index (κ2) is 17.1. The van der Waals surface area contributed by atoms with Crippen LogP contribution in [0.25, 0.3) is 72.7 Å². The van der Waals surface area contributed by atoms with Crippen molar-refractivity contribution in [3.05, 3.63) is 166 Å². The molecule has 312 valence electrons. The van der Waals surface area contributed by atoms with Gasteiger partial charge in [-0.2, -0.15) is 0 Å². The van der Waals surface area contributed by atoms with E-state index in [1.165, 1.54) is 0 Å². The van der Waals surface area contributed by atoms with Crippen molar-refractivity contribution < 1.29 is 37.1 Å². The smallest absolute Gasteiger partial charge is 0.148 e. The minimum Gasteiger partial charge on any atom is -0.507 e. The Morgan fingerprint density at radius 1 is 0.672 bits per heavy atom. The topological polar surface area (TPSA) is 50.9 Å². The summed E-state index contributed by atoms with van der Waals surface area (Å²) in [7, 11) is 0. The molecule has 61 heavy (non-hydrogen) atoms. The number of fused-ring (bicyclic) bond motifs is 1. The molecular weight excluding hydrogens is 926 g/mol. The van der Waals surface area contributed by atoms with E-state index in [1.807, 2.05) is 97.3 Å². The molecule has 0 amide bonds. The van der Waals surface area contributed by atoms with Gasteiger partial charge in [0, 0.05) is 43.9 Å². The van der Waals surface area contributed by atoms with E-state index in [2.05, 4.69) is 39.0 Å². The van der Waals surface area contributed by atoms with Gasteiger partial charge in [0.05, 0.1) is 22.3 Å². The van der Waals surface area contributed by atoms with Gasteiger partial charge in [-0.25, -0.2) is 4.98 Å². The Balaban J connectivity index is 0.00000703. The van der Waals surface area contributed by atoms with Crippen LogP contribution in [0, 0.1) is 33.6 Å². The maximum atomic E-state index is 11.8.